The quantitative estimate of drug-likeness (QED) is 0.526. The van der Waals surface area contributed by atoms with Crippen molar-refractivity contribution < 1.29 is 9.13 Å². The van der Waals surface area contributed by atoms with Crippen molar-refractivity contribution in [1.82, 2.24) is 0 Å². The minimum atomic E-state index is -0.689. The lowest BCUT2D eigenvalue weighted by Gasteiger charge is -2.28. The van der Waals surface area contributed by atoms with Gasteiger partial charge in [-0.25, -0.2) is 4.39 Å². The fraction of sp³-hybridized carbons (Fsp3) is 0.818. The maximum Gasteiger partial charge on any atom is 0.104 e. The molecule has 3 atom stereocenters. The minimum Gasteiger partial charge on any atom is -0.368 e. The molecule has 1 aliphatic heterocycles. The van der Waals surface area contributed by atoms with Crippen molar-refractivity contribution in [2.75, 3.05) is 0 Å². The Balaban J connectivity index is 2.14. The van der Waals surface area contributed by atoms with Gasteiger partial charge in [0.25, 0.3) is 0 Å². The Bertz CT molecular complexity index is 234. The number of hydrogen-bond donors (Lipinski definition) is 0. The van der Waals surface area contributed by atoms with Gasteiger partial charge >= 0.3 is 0 Å². The minimum absolute atomic E-state index is 0.0810. The van der Waals surface area contributed by atoms with Crippen LogP contribution in [-0.2, 0) is 4.74 Å². The summed E-state index contributed by atoms with van der Waals surface area (Å²) in [4.78, 5) is 0. The third-order valence-electron chi connectivity index (χ3n) is 3.07. The van der Waals surface area contributed by atoms with E-state index in [1.54, 1.807) is 0 Å². The van der Waals surface area contributed by atoms with E-state index in [-0.39, 0.29) is 11.7 Å². The zero-order chi connectivity index (χ0) is 9.64. The molecular weight excluding hydrogens is 167 g/mol. The highest BCUT2D eigenvalue weighted by Gasteiger charge is 2.45. The summed E-state index contributed by atoms with van der Waals surface area (Å²) in [7, 11) is 0. The molecule has 0 radical (unpaired) electrons. The van der Waals surface area contributed by atoms with Crippen LogP contribution in [-0.4, -0.2) is 17.9 Å². The van der Waals surface area contributed by atoms with Crippen LogP contribution in [0.4, 0.5) is 4.39 Å². The van der Waals surface area contributed by atoms with E-state index in [9.17, 15) is 4.39 Å². The standard InChI is InChI=1S/C11H17FO/c1-7-4-9(12)5-8-6-11(2,3)13-10(7)8/h8-10H,1,4-6H2,2-3H3. The third-order valence-corrected chi connectivity index (χ3v) is 3.07. The van der Waals surface area contributed by atoms with Gasteiger partial charge in [0.05, 0.1) is 11.7 Å². The Morgan fingerprint density at radius 1 is 1.54 bits per heavy atom. The van der Waals surface area contributed by atoms with Crippen molar-refractivity contribution in [2.45, 2.75) is 51.0 Å². The summed E-state index contributed by atoms with van der Waals surface area (Å²) in [5, 5.41) is 0. The molecule has 1 saturated heterocycles. The summed E-state index contributed by atoms with van der Waals surface area (Å²) in [6.45, 7) is 8.06. The van der Waals surface area contributed by atoms with Gasteiger partial charge in [-0.1, -0.05) is 6.58 Å². The Hall–Kier alpha value is -0.370. The maximum atomic E-state index is 13.2. The molecule has 1 saturated carbocycles. The first-order chi connectivity index (χ1) is 5.98. The van der Waals surface area contributed by atoms with Gasteiger partial charge in [0.1, 0.15) is 6.17 Å². The Morgan fingerprint density at radius 3 is 2.92 bits per heavy atom. The molecule has 74 valence electrons. The molecule has 2 aliphatic rings. The van der Waals surface area contributed by atoms with Gasteiger partial charge in [0, 0.05) is 6.42 Å². The summed E-state index contributed by atoms with van der Waals surface area (Å²) in [5.41, 5.74) is 0.872. The predicted molar refractivity (Wildman–Crippen MR) is 50.3 cm³/mol. The highest BCUT2D eigenvalue weighted by atomic mass is 19.1. The largest absolute Gasteiger partial charge is 0.368 e. The molecule has 1 aliphatic carbocycles. The van der Waals surface area contributed by atoms with Crippen LogP contribution in [0.3, 0.4) is 0 Å². The molecule has 2 rings (SSSR count). The van der Waals surface area contributed by atoms with E-state index in [1.165, 1.54) is 0 Å². The monoisotopic (exact) mass is 184 g/mol. The third kappa shape index (κ3) is 1.64. The van der Waals surface area contributed by atoms with Crippen molar-refractivity contribution in [3.63, 3.8) is 0 Å². The van der Waals surface area contributed by atoms with Crippen LogP contribution in [0, 0.1) is 5.92 Å². The molecule has 0 amide bonds. The topological polar surface area (TPSA) is 9.23 Å². The lowest BCUT2D eigenvalue weighted by atomic mass is 9.80. The number of halogens is 1. The fourth-order valence-corrected chi connectivity index (χ4v) is 2.66. The van der Waals surface area contributed by atoms with Crippen LogP contribution in [0.25, 0.3) is 0 Å². The number of hydrogen-bond acceptors (Lipinski definition) is 1. The Labute approximate surface area is 79.0 Å². The number of fused-ring (bicyclic) bond motifs is 1. The summed E-state index contributed by atoms with van der Waals surface area (Å²) in [6.07, 6.45) is 1.56. The summed E-state index contributed by atoms with van der Waals surface area (Å²) < 4.78 is 19.1. The van der Waals surface area contributed by atoms with Gasteiger partial charge in [-0.15, -0.1) is 0 Å². The summed E-state index contributed by atoms with van der Waals surface area (Å²) in [5.74, 6) is 0.367. The highest BCUT2D eigenvalue weighted by molar-refractivity contribution is 5.14. The first kappa shape index (κ1) is 9.20. The average Bonchev–Trinajstić information content (AvgIpc) is 2.23. The first-order valence-electron chi connectivity index (χ1n) is 4.97. The molecule has 0 aromatic carbocycles. The maximum absolute atomic E-state index is 13.2. The van der Waals surface area contributed by atoms with Gasteiger partial charge in [-0.05, 0) is 38.2 Å². The van der Waals surface area contributed by atoms with Crippen LogP contribution in [0.5, 0.6) is 0 Å². The van der Waals surface area contributed by atoms with Gasteiger partial charge in [0.2, 0.25) is 0 Å². The summed E-state index contributed by atoms with van der Waals surface area (Å²) in [6, 6.07) is 0. The second-order valence-corrected chi connectivity index (χ2v) is 4.96. The molecule has 0 spiro atoms. The van der Waals surface area contributed by atoms with E-state index in [0.717, 1.165) is 12.0 Å². The second kappa shape index (κ2) is 2.81. The lowest BCUT2D eigenvalue weighted by molar-refractivity contribution is -0.0125. The molecule has 1 nitrogen and oxygen atoms in total. The normalized spacial score (nSPS) is 43.3. The number of ether oxygens (including phenoxy) is 1. The van der Waals surface area contributed by atoms with Crippen molar-refractivity contribution in [2.24, 2.45) is 5.92 Å². The van der Waals surface area contributed by atoms with E-state index < -0.39 is 6.17 Å². The van der Waals surface area contributed by atoms with Crippen LogP contribution in [0.15, 0.2) is 12.2 Å². The number of rotatable bonds is 0. The van der Waals surface area contributed by atoms with Crippen LogP contribution >= 0.6 is 0 Å². The first-order valence-corrected chi connectivity index (χ1v) is 4.97. The van der Waals surface area contributed by atoms with Crippen LogP contribution < -0.4 is 0 Å². The van der Waals surface area contributed by atoms with E-state index in [4.69, 9.17) is 4.74 Å². The molecule has 0 N–H and O–H groups in total. The fourth-order valence-electron chi connectivity index (χ4n) is 2.66. The van der Waals surface area contributed by atoms with E-state index in [1.807, 2.05) is 0 Å². The number of alkyl halides is 1. The zero-order valence-electron chi connectivity index (χ0n) is 8.35. The smallest absolute Gasteiger partial charge is 0.104 e. The zero-order valence-corrected chi connectivity index (χ0v) is 8.35. The molecule has 13 heavy (non-hydrogen) atoms. The van der Waals surface area contributed by atoms with Crippen LogP contribution in [0.1, 0.15) is 33.1 Å². The van der Waals surface area contributed by atoms with E-state index >= 15 is 0 Å². The molecule has 2 fully saturated rings. The second-order valence-electron chi connectivity index (χ2n) is 4.96. The van der Waals surface area contributed by atoms with Crippen molar-refractivity contribution in [1.29, 1.82) is 0 Å². The van der Waals surface area contributed by atoms with Crippen molar-refractivity contribution >= 4 is 0 Å². The van der Waals surface area contributed by atoms with Gasteiger partial charge in [-0.3, -0.25) is 0 Å². The molecule has 0 aromatic heterocycles. The van der Waals surface area contributed by atoms with Crippen LogP contribution in [0.2, 0.25) is 0 Å². The van der Waals surface area contributed by atoms with Gasteiger partial charge in [0.15, 0.2) is 0 Å². The average molecular weight is 184 g/mol. The molecule has 1 heterocycles. The lowest BCUT2D eigenvalue weighted by Crippen LogP contribution is -2.29. The molecular formula is C11H17FO. The predicted octanol–water partition coefficient (Wildman–Crippen LogP) is 2.86. The molecule has 0 aromatic rings. The van der Waals surface area contributed by atoms with E-state index in [2.05, 4.69) is 20.4 Å². The highest BCUT2D eigenvalue weighted by Crippen LogP contribution is 2.44. The SMILES string of the molecule is C=C1CC(F)CC2CC(C)(C)OC12. The van der Waals surface area contributed by atoms with E-state index in [0.29, 0.717) is 18.8 Å². The Morgan fingerprint density at radius 2 is 2.23 bits per heavy atom. The molecule has 2 heteroatoms. The van der Waals surface area contributed by atoms with Crippen molar-refractivity contribution in [3.8, 4) is 0 Å². The van der Waals surface area contributed by atoms with Gasteiger partial charge < -0.3 is 4.74 Å². The summed E-state index contributed by atoms with van der Waals surface area (Å²) >= 11 is 0. The molecule has 0 bridgehead atoms. The van der Waals surface area contributed by atoms with Gasteiger partial charge in [-0.2, -0.15) is 0 Å². The molecule has 3 unspecified atom stereocenters. The Kier molecular flexibility index (Phi) is 1.99. The van der Waals surface area contributed by atoms with Crippen molar-refractivity contribution in [3.05, 3.63) is 12.2 Å².